The molecule has 0 fully saturated rings. The van der Waals surface area contributed by atoms with Crippen LogP contribution in [0.5, 0.6) is 0 Å². The standard InChI is InChI=1S/C11H15BrCl2N2/c1-8(6-13)3-2-4-15-11-10(14)5-9(12)7-16-11/h5,7-8H,2-4,6H2,1H3,(H,15,16). The summed E-state index contributed by atoms with van der Waals surface area (Å²) >= 11 is 15.1. The van der Waals surface area contributed by atoms with Gasteiger partial charge in [0.1, 0.15) is 5.82 Å². The van der Waals surface area contributed by atoms with Crippen molar-refractivity contribution in [2.45, 2.75) is 19.8 Å². The molecule has 1 rings (SSSR count). The number of alkyl halides is 1. The fraction of sp³-hybridized carbons (Fsp3) is 0.545. The Hall–Kier alpha value is 0.01000. The lowest BCUT2D eigenvalue weighted by atomic mass is 10.1. The number of nitrogens with one attached hydrogen (secondary N) is 1. The van der Waals surface area contributed by atoms with Gasteiger partial charge in [0.25, 0.3) is 0 Å². The van der Waals surface area contributed by atoms with E-state index in [1.165, 1.54) is 0 Å². The summed E-state index contributed by atoms with van der Waals surface area (Å²) in [4.78, 5) is 4.20. The molecule has 1 aromatic rings. The SMILES string of the molecule is CC(CCl)CCCNc1ncc(Br)cc1Cl. The van der Waals surface area contributed by atoms with Gasteiger partial charge in [-0.2, -0.15) is 0 Å². The summed E-state index contributed by atoms with van der Waals surface area (Å²) in [6, 6.07) is 1.83. The first-order valence-corrected chi connectivity index (χ1v) is 6.95. The molecule has 16 heavy (non-hydrogen) atoms. The highest BCUT2D eigenvalue weighted by Gasteiger charge is 2.03. The van der Waals surface area contributed by atoms with Gasteiger partial charge < -0.3 is 5.32 Å². The van der Waals surface area contributed by atoms with Gasteiger partial charge in [-0.1, -0.05) is 18.5 Å². The van der Waals surface area contributed by atoms with Crippen LogP contribution in [0.25, 0.3) is 0 Å². The molecular formula is C11H15BrCl2N2. The molecule has 0 spiro atoms. The van der Waals surface area contributed by atoms with Gasteiger partial charge in [0.2, 0.25) is 0 Å². The summed E-state index contributed by atoms with van der Waals surface area (Å²) in [5, 5.41) is 3.85. The summed E-state index contributed by atoms with van der Waals surface area (Å²) in [7, 11) is 0. The molecule has 0 amide bonds. The molecule has 0 saturated carbocycles. The molecule has 1 unspecified atom stereocenters. The van der Waals surface area contributed by atoms with Crippen LogP contribution >= 0.6 is 39.1 Å². The van der Waals surface area contributed by atoms with Crippen LogP contribution in [0.15, 0.2) is 16.7 Å². The second-order valence-corrected chi connectivity index (χ2v) is 5.44. The quantitative estimate of drug-likeness (QED) is 0.612. The minimum Gasteiger partial charge on any atom is -0.369 e. The van der Waals surface area contributed by atoms with Gasteiger partial charge in [0, 0.05) is 23.1 Å². The third-order valence-corrected chi connectivity index (χ3v) is 3.49. The van der Waals surface area contributed by atoms with E-state index in [4.69, 9.17) is 23.2 Å². The van der Waals surface area contributed by atoms with Gasteiger partial charge in [-0.3, -0.25) is 0 Å². The molecule has 5 heteroatoms. The van der Waals surface area contributed by atoms with Crippen molar-refractivity contribution in [1.82, 2.24) is 4.98 Å². The number of nitrogens with zero attached hydrogens (tertiary/aromatic N) is 1. The molecule has 0 aromatic carbocycles. The number of hydrogen-bond donors (Lipinski definition) is 1. The molecule has 1 aromatic heterocycles. The first-order chi connectivity index (χ1) is 7.63. The summed E-state index contributed by atoms with van der Waals surface area (Å²) < 4.78 is 0.888. The first-order valence-electron chi connectivity index (χ1n) is 5.24. The molecule has 1 atom stereocenters. The van der Waals surface area contributed by atoms with E-state index in [1.54, 1.807) is 6.20 Å². The zero-order valence-corrected chi connectivity index (χ0v) is 12.2. The lowest BCUT2D eigenvalue weighted by Crippen LogP contribution is -2.06. The Bertz CT molecular complexity index is 334. The van der Waals surface area contributed by atoms with E-state index >= 15 is 0 Å². The highest BCUT2D eigenvalue weighted by molar-refractivity contribution is 9.10. The fourth-order valence-corrected chi connectivity index (χ4v) is 2.13. The molecule has 0 aliphatic carbocycles. The van der Waals surface area contributed by atoms with Crippen molar-refractivity contribution in [1.29, 1.82) is 0 Å². The highest BCUT2D eigenvalue weighted by Crippen LogP contribution is 2.22. The number of anilines is 1. The minimum atomic E-state index is 0.566. The van der Waals surface area contributed by atoms with Gasteiger partial charge in [-0.15, -0.1) is 11.6 Å². The highest BCUT2D eigenvalue weighted by atomic mass is 79.9. The number of pyridine rings is 1. The Morgan fingerprint density at radius 3 is 2.94 bits per heavy atom. The van der Waals surface area contributed by atoms with E-state index in [-0.39, 0.29) is 0 Å². The van der Waals surface area contributed by atoms with Crippen LogP contribution in [-0.4, -0.2) is 17.4 Å². The predicted octanol–water partition coefficient (Wildman–Crippen LogP) is 4.56. The molecule has 2 nitrogen and oxygen atoms in total. The third kappa shape index (κ3) is 4.89. The van der Waals surface area contributed by atoms with Crippen LogP contribution in [-0.2, 0) is 0 Å². The maximum Gasteiger partial charge on any atom is 0.144 e. The van der Waals surface area contributed by atoms with Crippen LogP contribution in [0.3, 0.4) is 0 Å². The fourth-order valence-electron chi connectivity index (χ4n) is 1.28. The van der Waals surface area contributed by atoms with Crippen molar-refractivity contribution in [2.75, 3.05) is 17.7 Å². The van der Waals surface area contributed by atoms with Crippen molar-refractivity contribution >= 4 is 44.9 Å². The van der Waals surface area contributed by atoms with Crippen LogP contribution < -0.4 is 5.32 Å². The number of halogens is 3. The van der Waals surface area contributed by atoms with E-state index in [9.17, 15) is 0 Å². The van der Waals surface area contributed by atoms with E-state index in [0.717, 1.165) is 35.6 Å². The Morgan fingerprint density at radius 2 is 2.31 bits per heavy atom. The summed E-state index contributed by atoms with van der Waals surface area (Å²) in [6.45, 7) is 3.02. The molecule has 1 heterocycles. The lowest BCUT2D eigenvalue weighted by molar-refractivity contribution is 0.572. The van der Waals surface area contributed by atoms with Gasteiger partial charge in [0.15, 0.2) is 0 Å². The largest absolute Gasteiger partial charge is 0.369 e. The second-order valence-electron chi connectivity index (χ2n) is 3.81. The zero-order chi connectivity index (χ0) is 12.0. The average Bonchev–Trinajstić information content (AvgIpc) is 2.26. The van der Waals surface area contributed by atoms with Crippen LogP contribution in [0, 0.1) is 5.92 Å². The Balaban J connectivity index is 2.32. The number of aromatic nitrogens is 1. The van der Waals surface area contributed by atoms with Gasteiger partial charge in [-0.25, -0.2) is 4.98 Å². The first kappa shape index (κ1) is 14.1. The van der Waals surface area contributed by atoms with Gasteiger partial charge >= 0.3 is 0 Å². The zero-order valence-electron chi connectivity index (χ0n) is 9.14. The second kappa shape index (κ2) is 7.36. The average molecular weight is 326 g/mol. The van der Waals surface area contributed by atoms with Crippen LogP contribution in [0.2, 0.25) is 5.02 Å². The third-order valence-electron chi connectivity index (χ3n) is 2.24. The van der Waals surface area contributed by atoms with Crippen LogP contribution in [0.4, 0.5) is 5.82 Å². The van der Waals surface area contributed by atoms with Gasteiger partial charge in [0.05, 0.1) is 5.02 Å². The van der Waals surface area contributed by atoms with Crippen molar-refractivity contribution in [3.05, 3.63) is 21.8 Å². The molecule has 1 N–H and O–H groups in total. The summed E-state index contributed by atoms with van der Waals surface area (Å²) in [5.74, 6) is 2.03. The summed E-state index contributed by atoms with van der Waals surface area (Å²) in [5.41, 5.74) is 0. The molecule has 0 bridgehead atoms. The maximum absolute atomic E-state index is 6.02. The molecule has 0 radical (unpaired) electrons. The van der Waals surface area contributed by atoms with E-state index in [1.807, 2.05) is 6.07 Å². The van der Waals surface area contributed by atoms with Crippen LogP contribution in [0.1, 0.15) is 19.8 Å². The molecule has 0 saturated heterocycles. The van der Waals surface area contributed by atoms with Crippen molar-refractivity contribution in [3.8, 4) is 0 Å². The Labute approximate surface area is 115 Å². The molecule has 0 aliphatic rings. The van der Waals surface area contributed by atoms with E-state index in [2.05, 4.69) is 33.2 Å². The summed E-state index contributed by atoms with van der Waals surface area (Å²) in [6.07, 6.45) is 3.92. The molecular weight excluding hydrogens is 311 g/mol. The Kier molecular flexibility index (Phi) is 6.47. The normalized spacial score (nSPS) is 12.5. The topological polar surface area (TPSA) is 24.9 Å². The van der Waals surface area contributed by atoms with Crippen molar-refractivity contribution in [3.63, 3.8) is 0 Å². The Morgan fingerprint density at radius 1 is 1.56 bits per heavy atom. The smallest absolute Gasteiger partial charge is 0.144 e. The minimum absolute atomic E-state index is 0.566. The van der Waals surface area contributed by atoms with Gasteiger partial charge in [-0.05, 0) is 40.8 Å². The van der Waals surface area contributed by atoms with E-state index < -0.39 is 0 Å². The lowest BCUT2D eigenvalue weighted by Gasteiger charge is -2.09. The molecule has 90 valence electrons. The maximum atomic E-state index is 6.02. The van der Waals surface area contributed by atoms with E-state index in [0.29, 0.717) is 10.9 Å². The monoisotopic (exact) mass is 324 g/mol. The van der Waals surface area contributed by atoms with Crippen molar-refractivity contribution < 1.29 is 0 Å². The number of hydrogen-bond acceptors (Lipinski definition) is 2. The predicted molar refractivity (Wildman–Crippen MR) is 74.6 cm³/mol. The van der Waals surface area contributed by atoms with Crippen molar-refractivity contribution in [2.24, 2.45) is 5.92 Å². The molecule has 0 aliphatic heterocycles. The number of rotatable bonds is 6.